The average molecular weight is 264 g/mol. The van der Waals surface area contributed by atoms with E-state index in [0.717, 1.165) is 12.5 Å². The molecule has 0 aliphatic heterocycles. The van der Waals surface area contributed by atoms with Gasteiger partial charge in [0.2, 0.25) is 0 Å². The first-order valence-electron chi connectivity index (χ1n) is 4.23. The van der Waals surface area contributed by atoms with Gasteiger partial charge in [-0.3, -0.25) is 0 Å². The smallest absolute Gasteiger partial charge is 0.166 e. The SMILES string of the molecule is CS(=O)(=O)C1(C#N)CC1.CS(=O)(=O)CC#N. The summed E-state index contributed by atoms with van der Waals surface area (Å²) in [6, 6.07) is 3.32. The van der Waals surface area contributed by atoms with Crippen LogP contribution in [0.2, 0.25) is 0 Å². The van der Waals surface area contributed by atoms with Crippen molar-refractivity contribution >= 4 is 19.7 Å². The summed E-state index contributed by atoms with van der Waals surface area (Å²) < 4.78 is 40.5. The molecule has 0 saturated heterocycles. The van der Waals surface area contributed by atoms with Crippen molar-refractivity contribution < 1.29 is 16.8 Å². The maximum absolute atomic E-state index is 10.7. The van der Waals surface area contributed by atoms with Gasteiger partial charge in [0.1, 0.15) is 5.75 Å². The molecule has 0 spiro atoms. The van der Waals surface area contributed by atoms with Crippen LogP contribution in [0.1, 0.15) is 12.8 Å². The highest BCUT2D eigenvalue weighted by Crippen LogP contribution is 2.41. The van der Waals surface area contributed by atoms with E-state index < -0.39 is 24.4 Å². The molecule has 0 radical (unpaired) electrons. The largest absolute Gasteiger partial charge is 0.228 e. The van der Waals surface area contributed by atoms with E-state index in [1.807, 2.05) is 0 Å². The summed E-state index contributed by atoms with van der Waals surface area (Å²) in [6.07, 6.45) is 3.17. The molecule has 8 heteroatoms. The fourth-order valence-electron chi connectivity index (χ4n) is 0.796. The Balaban J connectivity index is 0.000000293. The Morgan fingerprint density at radius 2 is 1.56 bits per heavy atom. The Morgan fingerprint density at radius 1 is 1.12 bits per heavy atom. The predicted octanol–water partition coefficient (Wildman–Crippen LogP) is -0.358. The highest BCUT2D eigenvalue weighted by atomic mass is 32.2. The molecule has 0 amide bonds. The van der Waals surface area contributed by atoms with E-state index in [1.165, 1.54) is 6.07 Å². The summed E-state index contributed by atoms with van der Waals surface area (Å²) in [4.78, 5) is 0. The molecule has 0 aromatic carbocycles. The normalized spacial score (nSPS) is 17.2. The van der Waals surface area contributed by atoms with Gasteiger partial charge in [-0.15, -0.1) is 0 Å². The van der Waals surface area contributed by atoms with Gasteiger partial charge in [-0.2, -0.15) is 10.5 Å². The van der Waals surface area contributed by atoms with Crippen molar-refractivity contribution in [3.63, 3.8) is 0 Å². The van der Waals surface area contributed by atoms with Crippen LogP contribution < -0.4 is 0 Å². The van der Waals surface area contributed by atoms with E-state index in [-0.39, 0.29) is 5.75 Å². The third kappa shape index (κ3) is 4.60. The molecular formula is C8H12N2O4S2. The molecule has 0 atom stereocenters. The zero-order valence-corrected chi connectivity index (χ0v) is 10.6. The van der Waals surface area contributed by atoms with Gasteiger partial charge in [0.05, 0.1) is 12.1 Å². The van der Waals surface area contributed by atoms with Gasteiger partial charge >= 0.3 is 0 Å². The van der Waals surface area contributed by atoms with Crippen LogP contribution in [0.25, 0.3) is 0 Å². The second kappa shape index (κ2) is 4.81. The van der Waals surface area contributed by atoms with Gasteiger partial charge in [0, 0.05) is 12.5 Å². The van der Waals surface area contributed by atoms with E-state index in [2.05, 4.69) is 0 Å². The fourth-order valence-corrected chi connectivity index (χ4v) is 2.04. The quantitative estimate of drug-likeness (QED) is 0.672. The second-order valence-corrected chi connectivity index (χ2v) is 8.07. The third-order valence-corrected chi connectivity index (χ3v) is 4.52. The average Bonchev–Trinajstić information content (AvgIpc) is 2.80. The lowest BCUT2D eigenvalue weighted by molar-refractivity contribution is 0.594. The number of nitriles is 2. The van der Waals surface area contributed by atoms with Crippen molar-refractivity contribution in [1.29, 1.82) is 10.5 Å². The maximum Gasteiger partial charge on any atom is 0.166 e. The molecule has 1 fully saturated rings. The molecule has 0 bridgehead atoms. The summed E-state index contributed by atoms with van der Waals surface area (Å²) in [5, 5.41) is 16.1. The van der Waals surface area contributed by atoms with Crippen molar-refractivity contribution in [3.05, 3.63) is 0 Å². The molecule has 1 aliphatic rings. The number of hydrogen-bond acceptors (Lipinski definition) is 6. The lowest BCUT2D eigenvalue weighted by Crippen LogP contribution is -2.18. The minimum Gasteiger partial charge on any atom is -0.228 e. The van der Waals surface area contributed by atoms with Crippen LogP contribution in [0.4, 0.5) is 0 Å². The summed E-state index contributed by atoms with van der Waals surface area (Å²) in [5.41, 5.74) is 0. The van der Waals surface area contributed by atoms with E-state index >= 15 is 0 Å². The van der Waals surface area contributed by atoms with Crippen molar-refractivity contribution in [2.45, 2.75) is 17.6 Å². The summed E-state index contributed by atoms with van der Waals surface area (Å²) >= 11 is 0. The summed E-state index contributed by atoms with van der Waals surface area (Å²) in [7, 11) is -6.14. The second-order valence-electron chi connectivity index (χ2n) is 3.61. The molecule has 16 heavy (non-hydrogen) atoms. The molecule has 6 nitrogen and oxygen atoms in total. The lowest BCUT2D eigenvalue weighted by atomic mass is 10.5. The fraction of sp³-hybridized carbons (Fsp3) is 0.750. The van der Waals surface area contributed by atoms with Gasteiger partial charge in [-0.25, -0.2) is 16.8 Å². The van der Waals surface area contributed by atoms with Gasteiger partial charge in [0.25, 0.3) is 0 Å². The first-order valence-corrected chi connectivity index (χ1v) is 8.19. The van der Waals surface area contributed by atoms with E-state index in [0.29, 0.717) is 12.8 Å². The van der Waals surface area contributed by atoms with Crippen LogP contribution in [-0.2, 0) is 19.7 Å². The van der Waals surface area contributed by atoms with Crippen LogP contribution in [0.15, 0.2) is 0 Å². The minimum absolute atomic E-state index is 0.382. The Bertz CT molecular complexity index is 530. The molecule has 1 rings (SSSR count). The van der Waals surface area contributed by atoms with Gasteiger partial charge in [0.15, 0.2) is 24.4 Å². The van der Waals surface area contributed by atoms with Gasteiger partial charge in [-0.05, 0) is 12.8 Å². The Morgan fingerprint density at radius 3 is 1.56 bits per heavy atom. The van der Waals surface area contributed by atoms with Crippen molar-refractivity contribution in [3.8, 4) is 12.1 Å². The van der Waals surface area contributed by atoms with E-state index in [1.54, 1.807) is 6.07 Å². The van der Waals surface area contributed by atoms with Crippen molar-refractivity contribution in [2.24, 2.45) is 0 Å². The highest BCUT2D eigenvalue weighted by molar-refractivity contribution is 7.92. The minimum atomic E-state index is -3.10. The van der Waals surface area contributed by atoms with Crippen LogP contribution in [-0.4, -0.2) is 39.8 Å². The zero-order chi connectivity index (χ0) is 13.0. The number of rotatable bonds is 2. The number of sulfone groups is 2. The van der Waals surface area contributed by atoms with Gasteiger partial charge in [-0.1, -0.05) is 0 Å². The predicted molar refractivity (Wildman–Crippen MR) is 57.7 cm³/mol. The molecule has 1 aliphatic carbocycles. The van der Waals surface area contributed by atoms with E-state index in [4.69, 9.17) is 10.5 Å². The standard InChI is InChI=1S/C5H7NO2S.C3H5NO2S/c1-9(7,8)5(4-6)2-3-5;1-7(5,6)3-2-4/h2-3H2,1H3;3H2,1H3. The van der Waals surface area contributed by atoms with Gasteiger partial charge < -0.3 is 0 Å². The molecule has 0 aromatic rings. The van der Waals surface area contributed by atoms with Crippen LogP contribution in [0.3, 0.4) is 0 Å². The molecule has 0 unspecified atom stereocenters. The van der Waals surface area contributed by atoms with Crippen molar-refractivity contribution in [2.75, 3.05) is 18.3 Å². The number of hydrogen-bond donors (Lipinski definition) is 0. The topological polar surface area (TPSA) is 116 Å². The lowest BCUT2D eigenvalue weighted by Gasteiger charge is -1.98. The van der Waals surface area contributed by atoms with Crippen LogP contribution in [0, 0.1) is 22.7 Å². The maximum atomic E-state index is 10.7. The molecule has 0 heterocycles. The van der Waals surface area contributed by atoms with E-state index in [9.17, 15) is 16.8 Å². The molecule has 1 saturated carbocycles. The van der Waals surface area contributed by atoms with Crippen molar-refractivity contribution in [1.82, 2.24) is 0 Å². The van der Waals surface area contributed by atoms with Crippen LogP contribution >= 0.6 is 0 Å². The molecular weight excluding hydrogens is 252 g/mol. The first kappa shape index (κ1) is 14.9. The molecule has 0 N–H and O–H groups in total. The van der Waals surface area contributed by atoms with Crippen LogP contribution in [0.5, 0.6) is 0 Å². The zero-order valence-electron chi connectivity index (χ0n) is 8.97. The monoisotopic (exact) mass is 264 g/mol. The third-order valence-electron chi connectivity index (χ3n) is 1.94. The number of nitrogens with zero attached hydrogens (tertiary/aromatic N) is 2. The molecule has 0 aromatic heterocycles. The Kier molecular flexibility index (Phi) is 4.47. The Labute approximate surface area is 95.3 Å². The summed E-state index contributed by atoms with van der Waals surface area (Å²) in [6.45, 7) is 0. The summed E-state index contributed by atoms with van der Waals surface area (Å²) in [5.74, 6) is -0.382. The highest BCUT2D eigenvalue weighted by Gasteiger charge is 2.52. The Hall–Kier alpha value is -1.12. The molecule has 90 valence electrons. The first-order chi connectivity index (χ1) is 7.08.